The van der Waals surface area contributed by atoms with Crippen molar-refractivity contribution < 1.29 is 0 Å². The first-order valence-electron chi connectivity index (χ1n) is 5.92. The molecule has 0 aliphatic rings. The van der Waals surface area contributed by atoms with Crippen molar-refractivity contribution >= 4 is 11.3 Å². The lowest BCUT2D eigenvalue weighted by Crippen LogP contribution is -2.32. The summed E-state index contributed by atoms with van der Waals surface area (Å²) in [6.07, 6.45) is 2.44. The van der Waals surface area contributed by atoms with Crippen molar-refractivity contribution in [1.29, 1.82) is 5.26 Å². The molecule has 0 aromatic carbocycles. The molecule has 0 saturated heterocycles. The fourth-order valence-electron chi connectivity index (χ4n) is 1.96. The summed E-state index contributed by atoms with van der Waals surface area (Å²) >= 11 is 1.66. The van der Waals surface area contributed by atoms with Gasteiger partial charge < -0.3 is 5.32 Å². The van der Waals surface area contributed by atoms with Crippen LogP contribution in [0.1, 0.15) is 44.1 Å². The smallest absolute Gasteiger partial charge is 0.100 e. The predicted octanol–water partition coefficient (Wildman–Crippen LogP) is 3.53. The third kappa shape index (κ3) is 3.62. The Balaban J connectivity index is 2.42. The monoisotopic (exact) mass is 236 g/mol. The highest BCUT2D eigenvalue weighted by atomic mass is 32.1. The zero-order chi connectivity index (χ0) is 12.0. The van der Waals surface area contributed by atoms with E-state index in [1.807, 2.05) is 11.4 Å². The fourth-order valence-corrected chi connectivity index (χ4v) is 2.72. The van der Waals surface area contributed by atoms with E-state index in [9.17, 15) is 0 Å². The van der Waals surface area contributed by atoms with Gasteiger partial charge in [0.25, 0.3) is 0 Å². The van der Waals surface area contributed by atoms with Crippen molar-refractivity contribution in [2.75, 3.05) is 0 Å². The highest BCUT2D eigenvalue weighted by Gasteiger charge is 2.12. The molecule has 1 unspecified atom stereocenters. The minimum Gasteiger partial charge on any atom is -0.309 e. The van der Waals surface area contributed by atoms with Crippen molar-refractivity contribution in [3.63, 3.8) is 0 Å². The Bertz CT molecular complexity index is 347. The summed E-state index contributed by atoms with van der Waals surface area (Å²) < 4.78 is 0. The van der Waals surface area contributed by atoms with E-state index in [1.165, 1.54) is 17.7 Å². The molecule has 0 aliphatic carbocycles. The first kappa shape index (κ1) is 13.2. The average Bonchev–Trinajstić information content (AvgIpc) is 2.76. The Morgan fingerprint density at radius 2 is 2.12 bits per heavy atom. The van der Waals surface area contributed by atoms with Gasteiger partial charge in [0.15, 0.2) is 0 Å². The van der Waals surface area contributed by atoms with Gasteiger partial charge in [0.2, 0.25) is 0 Å². The van der Waals surface area contributed by atoms with E-state index in [-0.39, 0.29) is 0 Å². The molecule has 1 aromatic heterocycles. The molecule has 1 atom stereocenters. The van der Waals surface area contributed by atoms with Crippen molar-refractivity contribution in [1.82, 2.24) is 5.32 Å². The van der Waals surface area contributed by atoms with Gasteiger partial charge in [-0.25, -0.2) is 0 Å². The molecule has 2 nitrogen and oxygen atoms in total. The number of thiophene rings is 1. The number of nitrogens with zero attached hydrogens (tertiary/aromatic N) is 1. The van der Waals surface area contributed by atoms with E-state index >= 15 is 0 Å². The minimum absolute atomic E-state index is 0.544. The summed E-state index contributed by atoms with van der Waals surface area (Å²) in [5.41, 5.74) is 0.775. The van der Waals surface area contributed by atoms with Gasteiger partial charge in [-0.1, -0.05) is 26.7 Å². The molecule has 0 bridgehead atoms. The lowest BCUT2D eigenvalue weighted by Gasteiger charge is -2.22. The van der Waals surface area contributed by atoms with E-state index in [0.717, 1.165) is 18.0 Å². The van der Waals surface area contributed by atoms with Crippen LogP contribution in [0, 0.1) is 17.2 Å². The second-order valence-corrected chi connectivity index (χ2v) is 5.16. The molecule has 0 radical (unpaired) electrons. The third-order valence-electron chi connectivity index (χ3n) is 3.14. The molecule has 16 heavy (non-hydrogen) atoms. The molecule has 0 amide bonds. The number of nitriles is 1. The van der Waals surface area contributed by atoms with Gasteiger partial charge in [-0.2, -0.15) is 5.26 Å². The molecule has 88 valence electrons. The molecule has 0 spiro atoms. The predicted molar refractivity (Wildman–Crippen MR) is 69.4 cm³/mol. The zero-order valence-corrected chi connectivity index (χ0v) is 11.1. The van der Waals surface area contributed by atoms with Crippen molar-refractivity contribution in [3.05, 3.63) is 21.9 Å². The molecule has 1 heterocycles. The Morgan fingerprint density at radius 3 is 2.62 bits per heavy atom. The van der Waals surface area contributed by atoms with Gasteiger partial charge in [0.05, 0.1) is 5.56 Å². The summed E-state index contributed by atoms with van der Waals surface area (Å²) in [5, 5.41) is 14.2. The lowest BCUT2D eigenvalue weighted by molar-refractivity contribution is 0.354. The third-order valence-corrected chi connectivity index (χ3v) is 4.07. The van der Waals surface area contributed by atoms with E-state index in [2.05, 4.69) is 32.2 Å². The van der Waals surface area contributed by atoms with Crippen molar-refractivity contribution in [2.24, 2.45) is 5.92 Å². The van der Waals surface area contributed by atoms with Crippen LogP contribution in [0.4, 0.5) is 0 Å². The normalized spacial score (nSPS) is 12.7. The van der Waals surface area contributed by atoms with Gasteiger partial charge in [-0.15, -0.1) is 11.3 Å². The molecular weight excluding hydrogens is 216 g/mol. The zero-order valence-electron chi connectivity index (χ0n) is 10.3. The first-order valence-corrected chi connectivity index (χ1v) is 6.80. The van der Waals surface area contributed by atoms with Crippen LogP contribution in [-0.4, -0.2) is 6.04 Å². The van der Waals surface area contributed by atoms with Crippen LogP contribution in [0.15, 0.2) is 11.4 Å². The molecule has 1 rings (SSSR count). The highest BCUT2D eigenvalue weighted by molar-refractivity contribution is 7.10. The van der Waals surface area contributed by atoms with Crippen LogP contribution >= 0.6 is 11.3 Å². The molecule has 3 heteroatoms. The van der Waals surface area contributed by atoms with Gasteiger partial charge >= 0.3 is 0 Å². The minimum atomic E-state index is 0.544. The Morgan fingerprint density at radius 1 is 1.44 bits per heavy atom. The molecule has 1 N–H and O–H groups in total. The molecule has 0 aliphatic heterocycles. The Kier molecular flexibility index (Phi) is 5.51. The summed E-state index contributed by atoms with van der Waals surface area (Å²) in [6.45, 7) is 7.61. The summed E-state index contributed by atoms with van der Waals surface area (Å²) in [5.74, 6) is 0.746. The van der Waals surface area contributed by atoms with E-state index < -0.39 is 0 Å². The largest absolute Gasteiger partial charge is 0.309 e. The fraction of sp³-hybridized carbons (Fsp3) is 0.615. The molecule has 1 aromatic rings. The maximum atomic E-state index is 8.73. The number of hydrogen-bond donors (Lipinski definition) is 1. The van der Waals surface area contributed by atoms with Crippen molar-refractivity contribution in [2.45, 2.75) is 46.2 Å². The second kappa shape index (κ2) is 6.67. The quantitative estimate of drug-likeness (QED) is 0.820. The average molecular weight is 236 g/mol. The number of hydrogen-bond acceptors (Lipinski definition) is 3. The molecule has 0 saturated carbocycles. The first-order chi connectivity index (χ1) is 7.71. The highest BCUT2D eigenvalue weighted by Crippen LogP contribution is 2.16. The van der Waals surface area contributed by atoms with Gasteiger partial charge in [0.1, 0.15) is 6.07 Å². The second-order valence-electron chi connectivity index (χ2n) is 4.16. The molecule has 0 fully saturated rings. The van der Waals surface area contributed by atoms with E-state index in [1.54, 1.807) is 11.3 Å². The Labute approximate surface area is 102 Å². The lowest BCUT2D eigenvalue weighted by atomic mass is 9.95. The topological polar surface area (TPSA) is 35.8 Å². The maximum absolute atomic E-state index is 8.73. The summed E-state index contributed by atoms with van der Waals surface area (Å²) in [4.78, 5) is 1.24. The van der Waals surface area contributed by atoms with Crippen LogP contribution < -0.4 is 5.32 Å². The van der Waals surface area contributed by atoms with Crippen molar-refractivity contribution in [3.8, 4) is 6.07 Å². The summed E-state index contributed by atoms with van der Waals surface area (Å²) in [6, 6.07) is 4.68. The standard InChI is InChI=1S/C13H20N2S/c1-4-12(5-2)10(3)15-8-13-6-11(7-14)9-16-13/h6,9-10,12,15H,4-5,8H2,1-3H3. The van der Waals surface area contributed by atoms with Crippen LogP contribution in [0.3, 0.4) is 0 Å². The maximum Gasteiger partial charge on any atom is 0.100 e. The number of nitrogens with one attached hydrogen (secondary N) is 1. The van der Waals surface area contributed by atoms with Crippen LogP contribution in [0.25, 0.3) is 0 Å². The molecular formula is C13H20N2S. The van der Waals surface area contributed by atoms with Crippen LogP contribution in [-0.2, 0) is 6.54 Å². The Hall–Kier alpha value is -0.850. The SMILES string of the molecule is CCC(CC)C(C)NCc1cc(C#N)cs1. The van der Waals surface area contributed by atoms with Gasteiger partial charge in [0, 0.05) is 22.8 Å². The van der Waals surface area contributed by atoms with E-state index in [0.29, 0.717) is 6.04 Å². The van der Waals surface area contributed by atoms with Crippen LogP contribution in [0.2, 0.25) is 0 Å². The number of rotatable bonds is 6. The van der Waals surface area contributed by atoms with E-state index in [4.69, 9.17) is 5.26 Å². The summed E-state index contributed by atoms with van der Waals surface area (Å²) in [7, 11) is 0. The van der Waals surface area contributed by atoms with Gasteiger partial charge in [-0.05, 0) is 18.9 Å². The van der Waals surface area contributed by atoms with Crippen LogP contribution in [0.5, 0.6) is 0 Å². The van der Waals surface area contributed by atoms with Gasteiger partial charge in [-0.3, -0.25) is 0 Å².